The second-order valence-corrected chi connectivity index (χ2v) is 3.86. The second kappa shape index (κ2) is 5.61. The van der Waals surface area contributed by atoms with Gasteiger partial charge >= 0.3 is 0 Å². The number of hydrogen-bond acceptors (Lipinski definition) is 2. The third kappa shape index (κ3) is 3.04. The van der Waals surface area contributed by atoms with Crippen LogP contribution in [0.5, 0.6) is 0 Å². The molecule has 0 aliphatic rings. The molecule has 0 N–H and O–H groups in total. The third-order valence-corrected chi connectivity index (χ3v) is 2.60. The summed E-state index contributed by atoms with van der Waals surface area (Å²) in [5, 5.41) is 8.88. The summed E-state index contributed by atoms with van der Waals surface area (Å²) in [7, 11) is 1.59. The molecule has 1 rings (SSSR count). The molecule has 0 spiro atoms. The minimum Gasteiger partial charge on any atom is -0.341 e. The van der Waals surface area contributed by atoms with Crippen molar-refractivity contribution in [2.45, 2.75) is 6.54 Å². The van der Waals surface area contributed by atoms with E-state index in [4.69, 9.17) is 5.26 Å². The zero-order chi connectivity index (χ0) is 12.1. The molecule has 1 aromatic carbocycles. The molecule has 0 atom stereocenters. The molecule has 0 bridgehead atoms. The monoisotopic (exact) mass is 284 g/mol. The third-order valence-electron chi connectivity index (χ3n) is 2.12. The van der Waals surface area contributed by atoms with Gasteiger partial charge in [-0.2, -0.15) is 5.26 Å². The van der Waals surface area contributed by atoms with Crippen molar-refractivity contribution in [1.29, 1.82) is 5.26 Å². The van der Waals surface area contributed by atoms with Gasteiger partial charge in [0.15, 0.2) is 0 Å². The van der Waals surface area contributed by atoms with Gasteiger partial charge in [-0.1, -0.05) is 15.9 Å². The highest BCUT2D eigenvalue weighted by Crippen LogP contribution is 2.12. The molecule has 0 aromatic heterocycles. The van der Waals surface area contributed by atoms with Gasteiger partial charge in [-0.3, -0.25) is 4.79 Å². The fraction of sp³-hybridized carbons (Fsp3) is 0.273. The number of carbonyl (C=O) groups is 1. The van der Waals surface area contributed by atoms with E-state index in [0.29, 0.717) is 11.1 Å². The second-order valence-electron chi connectivity index (χ2n) is 3.30. The van der Waals surface area contributed by atoms with Gasteiger partial charge in [-0.25, -0.2) is 4.39 Å². The van der Waals surface area contributed by atoms with Gasteiger partial charge in [0.2, 0.25) is 5.91 Å². The first-order valence-electron chi connectivity index (χ1n) is 4.57. The lowest BCUT2D eigenvalue weighted by molar-refractivity contribution is -0.127. The van der Waals surface area contributed by atoms with Gasteiger partial charge in [0.05, 0.1) is 17.0 Å². The molecule has 0 fully saturated rings. The molecule has 16 heavy (non-hydrogen) atoms. The quantitative estimate of drug-likeness (QED) is 0.798. The van der Waals surface area contributed by atoms with Crippen molar-refractivity contribution >= 4 is 21.8 Å². The molecule has 0 heterocycles. The van der Waals surface area contributed by atoms with E-state index >= 15 is 0 Å². The Morgan fingerprint density at radius 1 is 1.62 bits per heavy atom. The number of benzene rings is 1. The first-order valence-corrected chi connectivity index (χ1v) is 5.69. The van der Waals surface area contributed by atoms with Crippen molar-refractivity contribution in [2.75, 3.05) is 12.4 Å². The molecule has 0 aliphatic heterocycles. The minimum atomic E-state index is -0.409. The van der Waals surface area contributed by atoms with Crippen molar-refractivity contribution in [1.82, 2.24) is 4.90 Å². The number of nitriles is 1. The summed E-state index contributed by atoms with van der Waals surface area (Å²) in [6.45, 7) is 0.159. The molecule has 1 amide bonds. The number of rotatable bonds is 3. The maximum atomic E-state index is 13.4. The van der Waals surface area contributed by atoms with E-state index in [1.807, 2.05) is 6.07 Å². The highest BCUT2D eigenvalue weighted by Gasteiger charge is 2.10. The Balaban J connectivity index is 2.88. The Bertz CT molecular complexity index is 442. The molecule has 0 aliphatic carbocycles. The molecule has 84 valence electrons. The van der Waals surface area contributed by atoms with E-state index in [1.165, 1.54) is 23.1 Å². The van der Waals surface area contributed by atoms with Crippen LogP contribution in [-0.4, -0.2) is 23.2 Å². The lowest BCUT2D eigenvalue weighted by Gasteiger charge is -2.16. The Hall–Kier alpha value is -1.41. The van der Waals surface area contributed by atoms with Crippen molar-refractivity contribution < 1.29 is 9.18 Å². The van der Waals surface area contributed by atoms with Crippen LogP contribution in [0.25, 0.3) is 0 Å². The average molecular weight is 285 g/mol. The standard InChI is InChI=1S/C11H10BrFN2O/c1-15(11(16)5-12)7-9-4-8(6-14)2-3-10(9)13/h2-4H,5,7H2,1H3. The van der Waals surface area contributed by atoms with Crippen LogP contribution >= 0.6 is 15.9 Å². The lowest BCUT2D eigenvalue weighted by Crippen LogP contribution is -2.27. The predicted octanol–water partition coefficient (Wildman–Crippen LogP) is 2.05. The van der Waals surface area contributed by atoms with Crippen LogP contribution in [0.1, 0.15) is 11.1 Å². The minimum absolute atomic E-state index is 0.137. The van der Waals surface area contributed by atoms with Crippen LogP contribution in [0.3, 0.4) is 0 Å². The molecule has 0 unspecified atom stereocenters. The van der Waals surface area contributed by atoms with Gasteiger partial charge < -0.3 is 4.90 Å². The fourth-order valence-electron chi connectivity index (χ4n) is 1.21. The normalized spacial score (nSPS) is 9.62. The SMILES string of the molecule is CN(Cc1cc(C#N)ccc1F)C(=O)CBr. The summed E-state index contributed by atoms with van der Waals surface area (Å²) in [5.74, 6) is -0.546. The van der Waals surface area contributed by atoms with Crippen LogP contribution < -0.4 is 0 Å². The number of nitrogens with zero attached hydrogens (tertiary/aromatic N) is 2. The summed E-state index contributed by atoms with van der Waals surface area (Å²) in [5.41, 5.74) is 0.729. The van der Waals surface area contributed by atoms with Crippen molar-refractivity contribution in [3.8, 4) is 6.07 Å². The van der Waals surface area contributed by atoms with Crippen LogP contribution in [0, 0.1) is 17.1 Å². The first-order chi connectivity index (χ1) is 7.58. The maximum absolute atomic E-state index is 13.4. The molecule has 5 heteroatoms. The highest BCUT2D eigenvalue weighted by molar-refractivity contribution is 9.09. The number of halogens is 2. The molecular formula is C11H10BrFN2O. The van der Waals surface area contributed by atoms with Gasteiger partial charge in [-0.05, 0) is 18.2 Å². The van der Waals surface area contributed by atoms with E-state index in [9.17, 15) is 9.18 Å². The van der Waals surface area contributed by atoms with Crippen molar-refractivity contribution in [3.05, 3.63) is 35.1 Å². The van der Waals surface area contributed by atoms with E-state index in [0.717, 1.165) is 0 Å². The van der Waals surface area contributed by atoms with Crippen LogP contribution in [-0.2, 0) is 11.3 Å². The Morgan fingerprint density at radius 3 is 2.88 bits per heavy atom. The Kier molecular flexibility index (Phi) is 4.44. The first kappa shape index (κ1) is 12.7. The smallest absolute Gasteiger partial charge is 0.233 e. The summed E-state index contributed by atoms with van der Waals surface area (Å²) in [6, 6.07) is 6.03. The Labute approximate surface area is 102 Å². The van der Waals surface area contributed by atoms with Crippen LogP contribution in [0.15, 0.2) is 18.2 Å². The van der Waals surface area contributed by atoms with E-state index in [1.54, 1.807) is 7.05 Å². The largest absolute Gasteiger partial charge is 0.341 e. The number of amides is 1. The van der Waals surface area contributed by atoms with E-state index < -0.39 is 5.82 Å². The summed E-state index contributed by atoms with van der Waals surface area (Å²) in [6.07, 6.45) is 0. The topological polar surface area (TPSA) is 44.1 Å². The van der Waals surface area contributed by atoms with Crippen LogP contribution in [0.4, 0.5) is 4.39 Å². The summed E-state index contributed by atoms with van der Waals surface area (Å²) in [4.78, 5) is 12.7. The number of carbonyl (C=O) groups excluding carboxylic acids is 1. The summed E-state index contributed by atoms with van der Waals surface area (Å²) < 4.78 is 13.4. The van der Waals surface area contributed by atoms with Gasteiger partial charge in [0.1, 0.15) is 5.82 Å². The lowest BCUT2D eigenvalue weighted by atomic mass is 10.1. The van der Waals surface area contributed by atoms with E-state index in [2.05, 4.69) is 15.9 Å². The van der Waals surface area contributed by atoms with Crippen LogP contribution in [0.2, 0.25) is 0 Å². The molecule has 3 nitrogen and oxygen atoms in total. The number of hydrogen-bond donors (Lipinski definition) is 0. The zero-order valence-corrected chi connectivity index (χ0v) is 10.3. The molecule has 0 saturated carbocycles. The fourth-order valence-corrected chi connectivity index (χ4v) is 1.64. The van der Waals surface area contributed by atoms with Gasteiger partial charge in [-0.15, -0.1) is 0 Å². The average Bonchev–Trinajstić information content (AvgIpc) is 2.30. The predicted molar refractivity (Wildman–Crippen MR) is 61.4 cm³/mol. The van der Waals surface area contributed by atoms with E-state index in [-0.39, 0.29) is 17.8 Å². The van der Waals surface area contributed by atoms with Gasteiger partial charge in [0.25, 0.3) is 0 Å². The molecule has 1 aromatic rings. The molecule has 0 saturated heterocycles. The van der Waals surface area contributed by atoms with Crippen molar-refractivity contribution in [2.24, 2.45) is 0 Å². The molecule has 0 radical (unpaired) electrons. The Morgan fingerprint density at radius 2 is 2.31 bits per heavy atom. The number of alkyl halides is 1. The van der Waals surface area contributed by atoms with Gasteiger partial charge in [0, 0.05) is 19.2 Å². The highest BCUT2D eigenvalue weighted by atomic mass is 79.9. The summed E-state index contributed by atoms with van der Waals surface area (Å²) >= 11 is 3.04. The van der Waals surface area contributed by atoms with Crippen molar-refractivity contribution in [3.63, 3.8) is 0 Å². The molecular weight excluding hydrogens is 275 g/mol. The maximum Gasteiger partial charge on any atom is 0.233 e. The zero-order valence-electron chi connectivity index (χ0n) is 8.70.